The molecule has 6 rings (SSSR count). The van der Waals surface area contributed by atoms with Crippen molar-refractivity contribution >= 4 is 5.78 Å². The number of fused-ring (bicyclic) bond motifs is 9. The van der Waals surface area contributed by atoms with Crippen LogP contribution in [0.3, 0.4) is 0 Å². The summed E-state index contributed by atoms with van der Waals surface area (Å²) in [5.74, 6) is 5.07. The molecule has 4 saturated carbocycles. The van der Waals surface area contributed by atoms with Gasteiger partial charge in [0.1, 0.15) is 0 Å². The zero-order valence-corrected chi connectivity index (χ0v) is 16.7. The summed E-state index contributed by atoms with van der Waals surface area (Å²) in [7, 11) is 0. The minimum Gasteiger partial charge on any atom is -0.396 e. The summed E-state index contributed by atoms with van der Waals surface area (Å²) < 4.78 is 6.67. The Bertz CT molecular complexity index is 690. The lowest BCUT2D eigenvalue weighted by Gasteiger charge is -2.59. The van der Waals surface area contributed by atoms with Crippen LogP contribution in [0.2, 0.25) is 0 Å². The van der Waals surface area contributed by atoms with Crippen molar-refractivity contribution in [3.8, 4) is 0 Å². The van der Waals surface area contributed by atoms with Gasteiger partial charge in [0.2, 0.25) is 0 Å². The fourth-order valence-electron chi connectivity index (χ4n) is 9.45. The van der Waals surface area contributed by atoms with Crippen molar-refractivity contribution in [1.29, 1.82) is 0 Å². The average Bonchev–Trinajstić information content (AvgIpc) is 3.25. The van der Waals surface area contributed by atoms with Crippen LogP contribution in [0.1, 0.15) is 64.7 Å². The predicted molar refractivity (Wildman–Crippen MR) is 103 cm³/mol. The van der Waals surface area contributed by atoms with Crippen molar-refractivity contribution in [2.24, 2.45) is 46.8 Å². The van der Waals surface area contributed by atoms with Gasteiger partial charge in [0, 0.05) is 31.0 Å². The van der Waals surface area contributed by atoms with Gasteiger partial charge in [0.25, 0.3) is 0 Å². The molecule has 0 radical (unpaired) electrons. The maximum absolute atomic E-state index is 12.1. The van der Waals surface area contributed by atoms with Crippen LogP contribution in [0.4, 0.5) is 0 Å². The highest BCUT2D eigenvalue weighted by molar-refractivity contribution is 5.91. The average molecular weight is 371 g/mol. The monoisotopic (exact) mass is 370 g/mol. The first-order chi connectivity index (χ1) is 13.1. The van der Waals surface area contributed by atoms with Crippen molar-refractivity contribution < 1.29 is 14.6 Å². The van der Waals surface area contributed by atoms with Crippen molar-refractivity contribution in [2.75, 3.05) is 13.2 Å². The topological polar surface area (TPSA) is 46.5 Å². The molecule has 0 aromatic rings. The van der Waals surface area contributed by atoms with E-state index < -0.39 is 0 Å². The number of carbonyl (C=O) groups excluding carboxylic acids is 1. The van der Waals surface area contributed by atoms with Gasteiger partial charge < -0.3 is 9.84 Å². The van der Waals surface area contributed by atoms with Crippen molar-refractivity contribution in [3.63, 3.8) is 0 Å². The van der Waals surface area contributed by atoms with E-state index in [1.165, 1.54) is 44.1 Å². The number of hydrogen-bond donors (Lipinski definition) is 1. The number of rotatable bonds is 2. The Morgan fingerprint density at radius 3 is 2.81 bits per heavy atom. The molecule has 3 heteroatoms. The van der Waals surface area contributed by atoms with Crippen LogP contribution in [0.25, 0.3) is 0 Å². The van der Waals surface area contributed by atoms with Gasteiger partial charge in [-0.3, -0.25) is 4.79 Å². The van der Waals surface area contributed by atoms with Crippen LogP contribution in [0.15, 0.2) is 11.6 Å². The van der Waals surface area contributed by atoms with Crippen LogP contribution in [0.5, 0.6) is 0 Å². The van der Waals surface area contributed by atoms with Gasteiger partial charge >= 0.3 is 0 Å². The van der Waals surface area contributed by atoms with E-state index in [1.54, 1.807) is 0 Å². The van der Waals surface area contributed by atoms with Crippen LogP contribution in [-0.2, 0) is 9.53 Å². The van der Waals surface area contributed by atoms with Gasteiger partial charge in [-0.25, -0.2) is 0 Å². The van der Waals surface area contributed by atoms with E-state index in [1.807, 2.05) is 6.08 Å². The summed E-state index contributed by atoms with van der Waals surface area (Å²) in [6.07, 6.45) is 12.7. The number of hydrogen-bond acceptors (Lipinski definition) is 3. The molecule has 27 heavy (non-hydrogen) atoms. The molecule has 1 aliphatic heterocycles. The first kappa shape index (κ1) is 17.2. The summed E-state index contributed by atoms with van der Waals surface area (Å²) in [6.45, 7) is 3.63. The third-order valence-electron chi connectivity index (χ3n) is 10.2. The first-order valence-corrected chi connectivity index (χ1v) is 11.6. The van der Waals surface area contributed by atoms with Gasteiger partial charge in [-0.2, -0.15) is 0 Å². The molecule has 3 unspecified atom stereocenters. The summed E-state index contributed by atoms with van der Waals surface area (Å²) >= 11 is 0. The summed E-state index contributed by atoms with van der Waals surface area (Å²) in [5, 5.41) is 10.2. The van der Waals surface area contributed by atoms with Gasteiger partial charge in [-0.05, 0) is 93.0 Å². The summed E-state index contributed by atoms with van der Waals surface area (Å²) in [4.78, 5) is 12.1. The molecular formula is C24H34O3. The lowest BCUT2D eigenvalue weighted by molar-refractivity contribution is -0.161. The fourth-order valence-corrected chi connectivity index (χ4v) is 9.45. The normalized spacial score (nSPS) is 55.6. The number of ether oxygens (including phenoxy) is 1. The van der Waals surface area contributed by atoms with E-state index in [0.29, 0.717) is 17.1 Å². The van der Waals surface area contributed by atoms with Gasteiger partial charge in [0.15, 0.2) is 5.78 Å². The molecule has 1 N–H and O–H groups in total. The largest absolute Gasteiger partial charge is 0.396 e. The molecular weight excluding hydrogens is 336 g/mol. The Hall–Kier alpha value is -0.670. The smallest absolute Gasteiger partial charge is 0.155 e. The van der Waals surface area contributed by atoms with Crippen molar-refractivity contribution in [3.05, 3.63) is 11.6 Å². The Balaban J connectivity index is 1.41. The molecule has 0 bridgehead atoms. The molecule has 9 atom stereocenters. The SMILES string of the molecule is CC[C@]12CCC3C(C[C@@H](CO)C4=CC(=O)CC[C@@H]43)C1[C@@H]1C[C@@H]1[C@@]21CCCO1. The molecule has 5 aliphatic carbocycles. The number of carbonyl (C=O) groups is 1. The van der Waals surface area contributed by atoms with Gasteiger partial charge in [-0.15, -0.1) is 0 Å². The molecule has 1 saturated heterocycles. The second kappa shape index (κ2) is 5.69. The van der Waals surface area contributed by atoms with E-state index in [2.05, 4.69) is 6.92 Å². The quantitative estimate of drug-likeness (QED) is 0.794. The molecule has 0 aromatic carbocycles. The van der Waals surface area contributed by atoms with E-state index in [4.69, 9.17) is 4.74 Å². The highest BCUT2D eigenvalue weighted by atomic mass is 16.5. The van der Waals surface area contributed by atoms with Crippen molar-refractivity contribution in [1.82, 2.24) is 0 Å². The molecule has 0 aromatic heterocycles. The molecule has 1 spiro atoms. The van der Waals surface area contributed by atoms with E-state index >= 15 is 0 Å². The molecule has 1 heterocycles. The summed E-state index contributed by atoms with van der Waals surface area (Å²) in [5.41, 5.74) is 1.90. The lowest BCUT2D eigenvalue weighted by atomic mass is 9.46. The number of ketones is 1. The standard InChI is InChI=1S/C24H34O3/c1-2-23-8-6-17-16-5-4-15(26)11-18(16)14(13-25)10-19(17)22(23)20-12-21(20)24(23)7-3-9-27-24/h11,14,16-17,19-22,25H,2-10,12-13H2,1H3/t14-,16+,17?,19?,20+,21-,22?,23-,24-/m0/s1. The second-order valence-corrected chi connectivity index (χ2v) is 10.6. The fraction of sp³-hybridized carbons (Fsp3) is 0.875. The molecule has 5 fully saturated rings. The number of aliphatic hydroxyl groups is 1. The second-order valence-electron chi connectivity index (χ2n) is 10.6. The lowest BCUT2D eigenvalue weighted by Crippen LogP contribution is -2.57. The minimum absolute atomic E-state index is 0.190. The third-order valence-corrected chi connectivity index (χ3v) is 10.2. The van der Waals surface area contributed by atoms with E-state index in [0.717, 1.165) is 55.5 Å². The minimum atomic E-state index is 0.190. The Kier molecular flexibility index (Phi) is 3.63. The maximum atomic E-state index is 12.1. The molecule has 148 valence electrons. The summed E-state index contributed by atoms with van der Waals surface area (Å²) in [6, 6.07) is 0. The van der Waals surface area contributed by atoms with Gasteiger partial charge in [-0.1, -0.05) is 12.5 Å². The van der Waals surface area contributed by atoms with Crippen LogP contribution >= 0.6 is 0 Å². The Morgan fingerprint density at radius 1 is 1.19 bits per heavy atom. The highest BCUT2D eigenvalue weighted by Gasteiger charge is 2.78. The van der Waals surface area contributed by atoms with E-state index in [9.17, 15) is 9.90 Å². The zero-order valence-electron chi connectivity index (χ0n) is 16.7. The van der Waals surface area contributed by atoms with Crippen LogP contribution in [-0.4, -0.2) is 29.7 Å². The highest BCUT2D eigenvalue weighted by Crippen LogP contribution is 2.79. The molecule has 6 aliphatic rings. The predicted octanol–water partition coefficient (Wildman–Crippen LogP) is 4.14. The van der Waals surface area contributed by atoms with Crippen LogP contribution < -0.4 is 0 Å². The van der Waals surface area contributed by atoms with Crippen LogP contribution in [0, 0.1) is 46.8 Å². The van der Waals surface area contributed by atoms with Gasteiger partial charge in [0.05, 0.1) is 5.60 Å². The maximum Gasteiger partial charge on any atom is 0.155 e. The third kappa shape index (κ3) is 1.99. The number of aliphatic hydroxyl groups excluding tert-OH is 1. The first-order valence-electron chi connectivity index (χ1n) is 11.6. The molecule has 3 nitrogen and oxygen atoms in total. The van der Waals surface area contributed by atoms with Crippen molar-refractivity contribution in [2.45, 2.75) is 70.3 Å². The zero-order chi connectivity index (χ0) is 18.4. The van der Waals surface area contributed by atoms with E-state index in [-0.39, 0.29) is 18.1 Å². The Morgan fingerprint density at radius 2 is 2.07 bits per heavy atom. The molecule has 0 amide bonds. The Labute approximate surface area is 162 Å².